The zero-order valence-corrected chi connectivity index (χ0v) is 29.7. The third-order valence-electron chi connectivity index (χ3n) is 9.28. The lowest BCUT2D eigenvalue weighted by Gasteiger charge is -2.52. The molecule has 1 aliphatic heterocycles. The number of anilines is 1. The number of methoxy groups -OCH3 is 1. The molecule has 0 aromatic heterocycles. The molecule has 2 N–H and O–H groups in total. The van der Waals surface area contributed by atoms with Gasteiger partial charge in [0.05, 0.1) is 30.2 Å². The first-order chi connectivity index (χ1) is 23.1. The van der Waals surface area contributed by atoms with Gasteiger partial charge in [-0.25, -0.2) is 19.0 Å². The lowest BCUT2D eigenvalue weighted by Crippen LogP contribution is -2.58. The van der Waals surface area contributed by atoms with Crippen LogP contribution >= 0.6 is 12.6 Å². The molecule has 9 nitrogen and oxygen atoms in total. The van der Waals surface area contributed by atoms with Crippen LogP contribution in [0, 0.1) is 24.1 Å². The van der Waals surface area contributed by atoms with Gasteiger partial charge < -0.3 is 20.1 Å². The molecule has 49 heavy (non-hydrogen) atoms. The summed E-state index contributed by atoms with van der Waals surface area (Å²) in [5, 5.41) is 12.3. The van der Waals surface area contributed by atoms with Gasteiger partial charge in [0.25, 0.3) is 0 Å². The van der Waals surface area contributed by atoms with Crippen molar-refractivity contribution >= 4 is 36.1 Å². The number of likely N-dealkylation sites (tertiary alicyclic amines) is 1. The van der Waals surface area contributed by atoms with Crippen LogP contribution in [-0.4, -0.2) is 53.1 Å². The molecule has 2 fully saturated rings. The maximum atomic E-state index is 15.3. The summed E-state index contributed by atoms with van der Waals surface area (Å²) in [5.74, 6) is -2.26. The second-order valence-corrected chi connectivity index (χ2v) is 15.0. The Kier molecular flexibility index (Phi) is 10.8. The Morgan fingerprint density at radius 1 is 1.10 bits per heavy atom. The van der Waals surface area contributed by atoms with E-state index in [1.165, 1.54) is 31.4 Å². The van der Waals surface area contributed by atoms with Gasteiger partial charge in [-0.3, -0.25) is 9.59 Å². The molecular weight excluding hydrogens is 647 g/mol. The molecule has 11 heteroatoms. The van der Waals surface area contributed by atoms with Gasteiger partial charge in [0, 0.05) is 29.0 Å². The average Bonchev–Trinajstić information content (AvgIpc) is 3.87. The van der Waals surface area contributed by atoms with E-state index in [1.54, 1.807) is 19.9 Å². The second-order valence-electron chi connectivity index (χ2n) is 14.5. The Labute approximate surface area is 292 Å². The van der Waals surface area contributed by atoms with E-state index in [4.69, 9.17) is 14.5 Å². The lowest BCUT2D eigenvalue weighted by atomic mass is 9.66. The minimum absolute atomic E-state index is 0.0396. The molecule has 0 spiro atoms. The lowest BCUT2D eigenvalue weighted by molar-refractivity contribution is -0.354. The van der Waals surface area contributed by atoms with Crippen LogP contribution in [-0.2, 0) is 19.4 Å². The van der Waals surface area contributed by atoms with Crippen LogP contribution < -0.4 is 10.1 Å². The van der Waals surface area contributed by atoms with E-state index < -0.39 is 35.0 Å². The molecule has 5 rings (SSSR count). The number of halogens is 1. The van der Waals surface area contributed by atoms with Crippen LogP contribution in [0.2, 0.25) is 0 Å². The van der Waals surface area contributed by atoms with Crippen molar-refractivity contribution in [3.63, 3.8) is 0 Å². The molecule has 0 radical (unpaired) electrons. The van der Waals surface area contributed by atoms with Crippen LogP contribution in [0.1, 0.15) is 92.4 Å². The van der Waals surface area contributed by atoms with Crippen LogP contribution in [0.4, 0.5) is 10.1 Å². The number of aryl methyl sites for hydroxylation is 1. The molecule has 1 aliphatic carbocycles. The van der Waals surface area contributed by atoms with Crippen molar-refractivity contribution in [2.75, 3.05) is 19.0 Å². The molecule has 1 saturated carbocycles. The summed E-state index contributed by atoms with van der Waals surface area (Å²) in [6.45, 7) is 9.25. The average molecular weight is 693 g/mol. The Morgan fingerprint density at radius 3 is 2.45 bits per heavy atom. The van der Waals surface area contributed by atoms with Crippen molar-refractivity contribution in [3.8, 4) is 5.75 Å². The molecule has 1 unspecified atom stereocenters. The highest BCUT2D eigenvalue weighted by atomic mass is 32.1. The van der Waals surface area contributed by atoms with Crippen molar-refractivity contribution in [3.05, 3.63) is 88.7 Å². The summed E-state index contributed by atoms with van der Waals surface area (Å²) in [6, 6.07) is 16.2. The number of piperidine rings is 1. The van der Waals surface area contributed by atoms with Crippen molar-refractivity contribution in [2.45, 2.75) is 88.8 Å². The molecule has 3 aromatic rings. The van der Waals surface area contributed by atoms with Gasteiger partial charge >= 0.3 is 5.97 Å². The summed E-state index contributed by atoms with van der Waals surface area (Å²) < 4.78 is 20.5. The van der Waals surface area contributed by atoms with Crippen molar-refractivity contribution in [1.29, 1.82) is 0 Å². The topological polar surface area (TPSA) is 114 Å². The molecule has 262 valence electrons. The van der Waals surface area contributed by atoms with E-state index in [-0.39, 0.29) is 47.9 Å². The van der Waals surface area contributed by atoms with E-state index in [1.807, 2.05) is 56.0 Å². The number of rotatable bonds is 12. The fourth-order valence-corrected chi connectivity index (χ4v) is 7.01. The number of hydrogen-bond donors (Lipinski definition) is 3. The molecule has 1 heterocycles. The Hall–Kier alpha value is -3.93. The number of nitrogens with zero attached hydrogens (tertiary/aromatic N) is 1. The summed E-state index contributed by atoms with van der Waals surface area (Å²) in [5.41, 5.74) is 0.621. The first kappa shape index (κ1) is 36.4. The van der Waals surface area contributed by atoms with Gasteiger partial charge in [0.1, 0.15) is 23.7 Å². The quantitative estimate of drug-likeness (QED) is 0.101. The number of ether oxygens (including phenoxy) is 1. The predicted octanol–water partition coefficient (Wildman–Crippen LogP) is 7.75. The van der Waals surface area contributed by atoms with E-state index in [0.717, 1.165) is 23.3 Å². The molecule has 1 saturated heterocycles. The van der Waals surface area contributed by atoms with Crippen molar-refractivity contribution in [2.24, 2.45) is 11.3 Å². The molecule has 4 atom stereocenters. The van der Waals surface area contributed by atoms with E-state index in [9.17, 15) is 14.7 Å². The maximum Gasteiger partial charge on any atom is 0.339 e. The first-order valence-electron chi connectivity index (χ1n) is 16.5. The van der Waals surface area contributed by atoms with Gasteiger partial charge in [-0.2, -0.15) is 0 Å². The number of nitrogens with one attached hydrogen (secondary N) is 1. The number of aromatic carboxylic acids is 1. The van der Waals surface area contributed by atoms with Crippen LogP contribution in [0.15, 0.2) is 65.6 Å². The van der Waals surface area contributed by atoms with Gasteiger partial charge in [-0.1, -0.05) is 31.2 Å². The molecule has 2 amide bonds. The summed E-state index contributed by atoms with van der Waals surface area (Å²) in [4.78, 5) is 54.4. The standard InChI is InChI=1S/C38H45FN2O7S/c1-22-10-11-25(17-30(22)39)34-29(24-8-7-9-27(49)16-24)19-38(5,20-33(42)40-26-14-15-28(35(43)44)32(18-26)46-6)36(45)41(34)31(23-12-13-23)21-47-48-37(2,3)4/h7-11,14-18,23,29,31,34,49H,12-13,19-21H2,1-6H3,(H,40,42)(H,43,44)/t29-,31-,34?,38-/m1/s1. The minimum Gasteiger partial charge on any atom is -0.496 e. The van der Waals surface area contributed by atoms with Gasteiger partial charge in [0.15, 0.2) is 0 Å². The monoisotopic (exact) mass is 692 g/mol. The SMILES string of the molecule is COc1cc(NC(=O)C[C@@]2(C)C[C@H](c3cccc(S)c3)C(c3ccc(C)c(F)c3)N([C@H](COOC(C)(C)C)C3CC3)C2=O)ccc1C(=O)O. The number of amides is 2. The number of carbonyl (C=O) groups is 3. The smallest absolute Gasteiger partial charge is 0.339 e. The Morgan fingerprint density at radius 2 is 1.84 bits per heavy atom. The predicted molar refractivity (Wildman–Crippen MR) is 186 cm³/mol. The summed E-state index contributed by atoms with van der Waals surface area (Å²) in [6.07, 6.45) is 1.92. The van der Waals surface area contributed by atoms with Crippen LogP contribution in [0.25, 0.3) is 0 Å². The van der Waals surface area contributed by atoms with E-state index in [2.05, 4.69) is 17.9 Å². The van der Waals surface area contributed by atoms with Crippen molar-refractivity contribution < 1.29 is 38.4 Å². The van der Waals surface area contributed by atoms with Gasteiger partial charge in [-0.05, 0) is 99.9 Å². The summed E-state index contributed by atoms with van der Waals surface area (Å²) in [7, 11) is 1.35. The number of carbonyl (C=O) groups excluding carboxylic acids is 2. The molecular formula is C38H45FN2O7S. The highest BCUT2D eigenvalue weighted by molar-refractivity contribution is 7.80. The number of hydrogen-bond acceptors (Lipinski definition) is 7. The van der Waals surface area contributed by atoms with Crippen LogP contribution in [0.5, 0.6) is 5.75 Å². The number of carboxylic acid groups (broad SMARTS) is 1. The maximum absolute atomic E-state index is 15.3. The normalized spacial score (nSPS) is 21.7. The fraction of sp³-hybridized carbons (Fsp3) is 0.447. The highest BCUT2D eigenvalue weighted by Crippen LogP contribution is 2.54. The minimum atomic E-state index is -1.18. The van der Waals surface area contributed by atoms with E-state index in [0.29, 0.717) is 23.2 Å². The second kappa shape index (κ2) is 14.5. The van der Waals surface area contributed by atoms with E-state index >= 15 is 9.18 Å². The highest BCUT2D eigenvalue weighted by Gasteiger charge is 2.54. The zero-order valence-electron chi connectivity index (χ0n) is 28.8. The zero-order chi connectivity index (χ0) is 35.7. The third kappa shape index (κ3) is 8.45. The third-order valence-corrected chi connectivity index (χ3v) is 9.55. The molecule has 3 aromatic carbocycles. The molecule has 0 bridgehead atoms. The molecule has 2 aliphatic rings. The first-order valence-corrected chi connectivity index (χ1v) is 16.9. The Balaban J connectivity index is 1.57. The van der Waals surface area contributed by atoms with Crippen LogP contribution in [0.3, 0.4) is 0 Å². The van der Waals surface area contributed by atoms with Gasteiger partial charge in [0.2, 0.25) is 11.8 Å². The number of carboxylic acids is 1. The largest absolute Gasteiger partial charge is 0.496 e. The number of thiol groups is 1. The fourth-order valence-electron chi connectivity index (χ4n) is 6.77. The van der Waals surface area contributed by atoms with Gasteiger partial charge in [-0.15, -0.1) is 12.6 Å². The summed E-state index contributed by atoms with van der Waals surface area (Å²) >= 11 is 4.62. The van der Waals surface area contributed by atoms with Crippen molar-refractivity contribution in [1.82, 2.24) is 4.90 Å². The Bertz CT molecular complexity index is 1720. The number of benzene rings is 3.